The van der Waals surface area contributed by atoms with Crippen molar-refractivity contribution in [2.24, 2.45) is 5.92 Å². The van der Waals surface area contributed by atoms with Gasteiger partial charge in [-0.1, -0.05) is 26.0 Å². The Morgan fingerprint density at radius 3 is 1.96 bits per heavy atom. The van der Waals surface area contributed by atoms with Crippen molar-refractivity contribution in [1.82, 2.24) is 15.5 Å². The molecule has 1 aromatic carbocycles. The number of benzene rings is 1. The van der Waals surface area contributed by atoms with E-state index in [1.54, 1.807) is 26.0 Å². The number of carbonyl (C=O) groups is 5. The lowest BCUT2D eigenvalue weighted by molar-refractivity contribution is -0.159. The van der Waals surface area contributed by atoms with E-state index in [9.17, 15) is 24.0 Å². The van der Waals surface area contributed by atoms with Crippen molar-refractivity contribution in [3.63, 3.8) is 0 Å². The topological polar surface area (TPSA) is 122 Å². The number of ether oxygens (including phenoxy) is 1. The zero-order chi connectivity index (χ0) is 20.3. The van der Waals surface area contributed by atoms with Gasteiger partial charge in [0, 0.05) is 7.05 Å². The number of carbonyl (C=O) groups excluding carboxylic acids is 5. The summed E-state index contributed by atoms with van der Waals surface area (Å²) in [4.78, 5) is 61.8. The summed E-state index contributed by atoms with van der Waals surface area (Å²) >= 11 is 0. The van der Waals surface area contributed by atoms with Gasteiger partial charge in [0.15, 0.2) is 6.10 Å². The van der Waals surface area contributed by atoms with E-state index in [0.29, 0.717) is 0 Å². The van der Waals surface area contributed by atoms with E-state index in [0.717, 1.165) is 4.90 Å². The maximum atomic E-state index is 12.6. The van der Waals surface area contributed by atoms with Gasteiger partial charge in [0.2, 0.25) is 0 Å². The van der Waals surface area contributed by atoms with E-state index in [-0.39, 0.29) is 11.1 Å². The van der Waals surface area contributed by atoms with Crippen LogP contribution < -0.4 is 10.6 Å². The molecule has 2 N–H and O–H groups in total. The molecular formula is C18H21N3O6. The van der Waals surface area contributed by atoms with E-state index in [1.807, 2.05) is 5.32 Å². The van der Waals surface area contributed by atoms with E-state index in [1.165, 1.54) is 26.1 Å². The van der Waals surface area contributed by atoms with E-state index in [2.05, 4.69) is 5.32 Å². The molecule has 144 valence electrons. The van der Waals surface area contributed by atoms with Crippen LogP contribution in [0.2, 0.25) is 0 Å². The minimum Gasteiger partial charge on any atom is -0.451 e. The Kier molecular flexibility index (Phi) is 5.94. The lowest BCUT2D eigenvalue weighted by atomic mass is 10.0. The standard InChI is InChI=1S/C18H21N3O6/c1-9(2)13(17(25)27-10(3)14(22)20-18(26)19-4)21-15(23)11-7-5-6-8-12(11)16(21)24/h5-10,13H,1-4H3,(H2,19,20,22,26)/t10-,13+/m1/s1. The summed E-state index contributed by atoms with van der Waals surface area (Å²) in [5.74, 6) is -3.36. The highest BCUT2D eigenvalue weighted by Crippen LogP contribution is 2.27. The molecule has 0 aliphatic carbocycles. The fraction of sp³-hybridized carbons (Fsp3) is 0.389. The fourth-order valence-corrected chi connectivity index (χ4v) is 2.71. The van der Waals surface area contributed by atoms with Gasteiger partial charge in [0.25, 0.3) is 17.7 Å². The summed E-state index contributed by atoms with van der Waals surface area (Å²) in [7, 11) is 1.33. The molecule has 1 aliphatic heterocycles. The normalized spacial score (nSPS) is 15.2. The SMILES string of the molecule is CNC(=O)NC(=O)[C@@H](C)OC(=O)[C@H](C(C)C)N1C(=O)c2ccccc2C1=O. The van der Waals surface area contributed by atoms with Crippen LogP contribution in [0.5, 0.6) is 0 Å². The van der Waals surface area contributed by atoms with Crippen LogP contribution in [0.3, 0.4) is 0 Å². The molecule has 9 heteroatoms. The highest BCUT2D eigenvalue weighted by Gasteiger charge is 2.45. The van der Waals surface area contributed by atoms with Gasteiger partial charge in [0.05, 0.1) is 11.1 Å². The van der Waals surface area contributed by atoms with Crippen LogP contribution in [-0.2, 0) is 14.3 Å². The minimum absolute atomic E-state index is 0.214. The Bertz CT molecular complexity index is 769. The molecule has 2 rings (SSSR count). The van der Waals surface area contributed by atoms with Crippen LogP contribution in [-0.4, -0.2) is 53.8 Å². The molecule has 2 atom stereocenters. The highest BCUT2D eigenvalue weighted by molar-refractivity contribution is 6.22. The van der Waals surface area contributed by atoms with Gasteiger partial charge >= 0.3 is 12.0 Å². The smallest absolute Gasteiger partial charge is 0.330 e. The van der Waals surface area contributed by atoms with Gasteiger partial charge in [-0.3, -0.25) is 24.6 Å². The quantitative estimate of drug-likeness (QED) is 0.577. The van der Waals surface area contributed by atoms with E-state index in [4.69, 9.17) is 4.74 Å². The zero-order valence-electron chi connectivity index (χ0n) is 15.4. The molecule has 1 heterocycles. The molecule has 0 aromatic heterocycles. The van der Waals surface area contributed by atoms with Crippen LogP contribution in [0.1, 0.15) is 41.5 Å². The molecule has 9 nitrogen and oxygen atoms in total. The van der Waals surface area contributed by atoms with Gasteiger partial charge in [0.1, 0.15) is 6.04 Å². The van der Waals surface area contributed by atoms with Gasteiger partial charge in [-0.2, -0.15) is 0 Å². The Morgan fingerprint density at radius 1 is 1.00 bits per heavy atom. The maximum Gasteiger partial charge on any atom is 0.330 e. The number of hydrogen-bond acceptors (Lipinski definition) is 6. The first-order chi connectivity index (χ1) is 12.7. The third kappa shape index (κ3) is 3.97. The molecule has 0 bridgehead atoms. The van der Waals surface area contributed by atoms with Crippen molar-refractivity contribution >= 4 is 29.7 Å². The number of hydrogen-bond donors (Lipinski definition) is 2. The largest absolute Gasteiger partial charge is 0.451 e. The van der Waals surface area contributed by atoms with Crippen molar-refractivity contribution in [2.75, 3.05) is 7.05 Å². The summed E-state index contributed by atoms with van der Waals surface area (Å²) < 4.78 is 5.11. The van der Waals surface area contributed by atoms with Crippen LogP contribution in [0.25, 0.3) is 0 Å². The monoisotopic (exact) mass is 375 g/mol. The summed E-state index contributed by atoms with van der Waals surface area (Å²) in [5.41, 5.74) is 0.428. The average Bonchev–Trinajstić information content (AvgIpc) is 2.87. The average molecular weight is 375 g/mol. The van der Waals surface area contributed by atoms with Crippen LogP contribution in [0.15, 0.2) is 24.3 Å². The molecule has 5 amide bonds. The van der Waals surface area contributed by atoms with Gasteiger partial charge in [-0.05, 0) is 25.0 Å². The van der Waals surface area contributed by atoms with Crippen molar-refractivity contribution in [2.45, 2.75) is 32.9 Å². The minimum atomic E-state index is -1.29. The predicted molar refractivity (Wildman–Crippen MR) is 93.7 cm³/mol. The number of amides is 5. The molecule has 0 unspecified atom stereocenters. The number of imide groups is 2. The Balaban J connectivity index is 2.20. The summed E-state index contributed by atoms with van der Waals surface area (Å²) in [6.45, 7) is 4.60. The van der Waals surface area contributed by atoms with Gasteiger partial charge < -0.3 is 10.1 Å². The van der Waals surface area contributed by atoms with Crippen molar-refractivity contribution in [1.29, 1.82) is 0 Å². The molecule has 0 radical (unpaired) electrons. The third-order valence-electron chi connectivity index (χ3n) is 4.10. The van der Waals surface area contributed by atoms with Crippen LogP contribution >= 0.6 is 0 Å². The molecular weight excluding hydrogens is 354 g/mol. The fourth-order valence-electron chi connectivity index (χ4n) is 2.71. The molecule has 27 heavy (non-hydrogen) atoms. The first-order valence-corrected chi connectivity index (χ1v) is 8.39. The highest BCUT2D eigenvalue weighted by atomic mass is 16.5. The second-order valence-electron chi connectivity index (χ2n) is 6.36. The lowest BCUT2D eigenvalue weighted by Gasteiger charge is -2.28. The predicted octanol–water partition coefficient (Wildman–Crippen LogP) is 0.694. The lowest BCUT2D eigenvalue weighted by Crippen LogP contribution is -2.51. The van der Waals surface area contributed by atoms with E-state index < -0.39 is 47.8 Å². The van der Waals surface area contributed by atoms with Crippen molar-refractivity contribution in [3.8, 4) is 0 Å². The van der Waals surface area contributed by atoms with E-state index >= 15 is 0 Å². The number of fused-ring (bicyclic) bond motifs is 1. The molecule has 1 aliphatic rings. The Morgan fingerprint density at radius 2 is 1.52 bits per heavy atom. The first-order valence-electron chi connectivity index (χ1n) is 8.39. The number of rotatable bonds is 5. The summed E-state index contributed by atoms with van der Waals surface area (Å²) in [6, 6.07) is 4.33. The number of urea groups is 1. The molecule has 0 saturated carbocycles. The molecule has 1 aromatic rings. The second-order valence-corrected chi connectivity index (χ2v) is 6.36. The third-order valence-corrected chi connectivity index (χ3v) is 4.10. The maximum absolute atomic E-state index is 12.6. The van der Waals surface area contributed by atoms with Gasteiger partial charge in [-0.25, -0.2) is 9.59 Å². The number of esters is 1. The van der Waals surface area contributed by atoms with Crippen LogP contribution in [0.4, 0.5) is 4.79 Å². The summed E-state index contributed by atoms with van der Waals surface area (Å²) in [6.07, 6.45) is -1.29. The molecule has 0 saturated heterocycles. The van der Waals surface area contributed by atoms with Gasteiger partial charge in [-0.15, -0.1) is 0 Å². The van der Waals surface area contributed by atoms with Crippen molar-refractivity contribution in [3.05, 3.63) is 35.4 Å². The van der Waals surface area contributed by atoms with Crippen molar-refractivity contribution < 1.29 is 28.7 Å². The summed E-state index contributed by atoms with van der Waals surface area (Å²) in [5, 5.41) is 4.19. The second kappa shape index (κ2) is 7.98. The number of nitrogens with zero attached hydrogens (tertiary/aromatic N) is 1. The van der Waals surface area contributed by atoms with Crippen LogP contribution in [0, 0.1) is 5.92 Å². The molecule has 0 fully saturated rings. The zero-order valence-corrected chi connectivity index (χ0v) is 15.4. The Labute approximate surface area is 156 Å². The first kappa shape index (κ1) is 20.1. The Hall–Kier alpha value is -3.23. The number of nitrogens with one attached hydrogen (secondary N) is 2. The molecule has 0 spiro atoms.